The minimum absolute atomic E-state index is 0.0599. The molecule has 182 valence electrons. The normalized spacial score (nSPS) is 24.7. The van der Waals surface area contributed by atoms with Crippen molar-refractivity contribution in [1.29, 1.82) is 0 Å². The van der Waals surface area contributed by atoms with Gasteiger partial charge < -0.3 is 19.9 Å². The highest BCUT2D eigenvalue weighted by Crippen LogP contribution is 2.36. The number of sulfonamides is 1. The zero-order valence-electron chi connectivity index (χ0n) is 19.7. The van der Waals surface area contributed by atoms with E-state index < -0.39 is 16.1 Å². The van der Waals surface area contributed by atoms with Crippen LogP contribution in [0.1, 0.15) is 38.7 Å². The molecule has 3 aliphatic heterocycles. The van der Waals surface area contributed by atoms with Crippen LogP contribution in [0.15, 0.2) is 17.0 Å². The molecule has 3 aliphatic rings. The fourth-order valence-electron chi connectivity index (χ4n) is 4.88. The topological polar surface area (TPSA) is 99.3 Å². The average Bonchev–Trinajstić information content (AvgIpc) is 2.83. The highest BCUT2D eigenvalue weighted by molar-refractivity contribution is 7.89. The monoisotopic (exact) mass is 478 g/mol. The number of ether oxygens (including phenoxy) is 1. The summed E-state index contributed by atoms with van der Waals surface area (Å²) in [7, 11) is -3.81. The summed E-state index contributed by atoms with van der Waals surface area (Å²) in [5.41, 5.74) is 1.02. The minimum Gasteiger partial charge on any atom is -0.478 e. The lowest BCUT2D eigenvalue weighted by Gasteiger charge is -2.38. The number of piperidine rings is 1. The highest BCUT2D eigenvalue weighted by atomic mass is 32.2. The molecule has 0 saturated carbocycles. The summed E-state index contributed by atoms with van der Waals surface area (Å²) in [6, 6.07) is 3.16. The van der Waals surface area contributed by atoms with Gasteiger partial charge in [-0.2, -0.15) is 4.31 Å². The Balaban J connectivity index is 1.52. The van der Waals surface area contributed by atoms with Gasteiger partial charge in [0.2, 0.25) is 15.9 Å². The number of benzene rings is 1. The van der Waals surface area contributed by atoms with E-state index in [0.29, 0.717) is 55.9 Å². The summed E-state index contributed by atoms with van der Waals surface area (Å²) < 4.78 is 34.4. The molecule has 2 fully saturated rings. The third kappa shape index (κ3) is 4.74. The van der Waals surface area contributed by atoms with Gasteiger partial charge in [-0.25, -0.2) is 8.42 Å². The number of rotatable bonds is 5. The van der Waals surface area contributed by atoms with Crippen LogP contribution in [0, 0.1) is 12.8 Å². The van der Waals surface area contributed by atoms with E-state index in [1.54, 1.807) is 13.0 Å². The highest BCUT2D eigenvalue weighted by Gasteiger charge is 2.37. The lowest BCUT2D eigenvalue weighted by Crippen LogP contribution is -2.52. The lowest BCUT2D eigenvalue weighted by molar-refractivity contribution is -0.138. The van der Waals surface area contributed by atoms with Crippen LogP contribution in [-0.4, -0.2) is 86.3 Å². The number of piperazine rings is 1. The summed E-state index contributed by atoms with van der Waals surface area (Å²) in [4.78, 5) is 29.6. The largest absolute Gasteiger partial charge is 0.478 e. The van der Waals surface area contributed by atoms with E-state index in [2.05, 4.69) is 17.1 Å². The second-order valence-electron chi connectivity index (χ2n) is 9.08. The Labute approximate surface area is 196 Å². The summed E-state index contributed by atoms with van der Waals surface area (Å²) in [5, 5.41) is 2.80. The molecule has 0 radical (unpaired) electrons. The number of aryl methyl sites for hydroxylation is 1. The second kappa shape index (κ2) is 9.60. The minimum atomic E-state index is -3.81. The summed E-state index contributed by atoms with van der Waals surface area (Å²) >= 11 is 0. The Hall–Kier alpha value is -2.17. The number of anilines is 1. The molecule has 2 saturated heterocycles. The molecule has 0 aromatic heterocycles. The SMILES string of the molecule is CC[C@@H]1Oc2cc(S(=O)(=O)N3CCC[C@@H](C(=O)N4CCN(CC)CC4)C3)c(C)cc2NC1=O. The van der Waals surface area contributed by atoms with Crippen LogP contribution in [0.25, 0.3) is 0 Å². The van der Waals surface area contributed by atoms with Gasteiger partial charge in [-0.3, -0.25) is 9.59 Å². The molecular formula is C23H34N4O5S. The maximum atomic E-state index is 13.6. The van der Waals surface area contributed by atoms with Crippen LogP contribution >= 0.6 is 0 Å². The summed E-state index contributed by atoms with van der Waals surface area (Å²) in [6.45, 7) is 10.3. The van der Waals surface area contributed by atoms with Gasteiger partial charge in [-0.15, -0.1) is 0 Å². The van der Waals surface area contributed by atoms with Crippen molar-refractivity contribution in [2.75, 3.05) is 51.1 Å². The molecule has 3 heterocycles. The standard InChI is InChI=1S/C23H34N4O5S/c1-4-19-22(28)24-18-13-16(3)21(14-20(18)32-19)33(30,31)27-8-6-7-17(15-27)23(29)26-11-9-25(5-2)10-12-26/h13-14,17,19H,4-12,15H2,1-3H3,(H,24,28)/t17-,19+/m1/s1. The molecule has 9 nitrogen and oxygen atoms in total. The van der Waals surface area contributed by atoms with E-state index in [-0.39, 0.29) is 29.2 Å². The summed E-state index contributed by atoms with van der Waals surface area (Å²) in [5.74, 6) is -0.120. The van der Waals surface area contributed by atoms with Gasteiger partial charge in [0, 0.05) is 45.3 Å². The number of carbonyl (C=O) groups excluding carboxylic acids is 2. The lowest BCUT2D eigenvalue weighted by atomic mass is 9.98. The first-order valence-electron chi connectivity index (χ1n) is 11.9. The van der Waals surface area contributed by atoms with Crippen LogP contribution in [0.2, 0.25) is 0 Å². The van der Waals surface area contributed by atoms with Gasteiger partial charge in [-0.1, -0.05) is 13.8 Å². The molecule has 1 aromatic rings. The smallest absolute Gasteiger partial charge is 0.265 e. The molecule has 0 bridgehead atoms. The Kier molecular flexibility index (Phi) is 6.97. The molecule has 10 heteroatoms. The maximum Gasteiger partial charge on any atom is 0.265 e. The Morgan fingerprint density at radius 1 is 1.15 bits per heavy atom. The van der Waals surface area contributed by atoms with E-state index >= 15 is 0 Å². The number of hydrogen-bond acceptors (Lipinski definition) is 6. The first-order valence-corrected chi connectivity index (χ1v) is 13.3. The first-order chi connectivity index (χ1) is 15.7. The number of nitrogens with zero attached hydrogens (tertiary/aromatic N) is 3. The molecule has 0 unspecified atom stereocenters. The quantitative estimate of drug-likeness (QED) is 0.691. The zero-order valence-corrected chi connectivity index (χ0v) is 20.5. The van der Waals surface area contributed by atoms with E-state index in [4.69, 9.17) is 4.74 Å². The van der Waals surface area contributed by atoms with E-state index in [1.165, 1.54) is 10.4 Å². The van der Waals surface area contributed by atoms with Crippen molar-refractivity contribution >= 4 is 27.5 Å². The van der Waals surface area contributed by atoms with Crippen LogP contribution in [0.4, 0.5) is 5.69 Å². The third-order valence-corrected chi connectivity index (χ3v) is 8.96. The first kappa shape index (κ1) is 24.0. The molecule has 1 N–H and O–H groups in total. The Bertz CT molecular complexity index is 1020. The van der Waals surface area contributed by atoms with Crippen molar-refractivity contribution in [1.82, 2.24) is 14.1 Å². The number of carbonyl (C=O) groups is 2. The van der Waals surface area contributed by atoms with Gasteiger partial charge in [0.15, 0.2) is 6.10 Å². The molecule has 2 atom stereocenters. The number of nitrogens with one attached hydrogen (secondary N) is 1. The molecule has 2 amide bonds. The molecule has 0 spiro atoms. The van der Waals surface area contributed by atoms with Crippen LogP contribution < -0.4 is 10.1 Å². The van der Waals surface area contributed by atoms with Crippen molar-refractivity contribution in [3.05, 3.63) is 17.7 Å². The Morgan fingerprint density at radius 2 is 1.88 bits per heavy atom. The third-order valence-electron chi connectivity index (χ3n) is 6.95. The van der Waals surface area contributed by atoms with Gasteiger partial charge in [0.05, 0.1) is 16.5 Å². The second-order valence-corrected chi connectivity index (χ2v) is 11.0. The fourth-order valence-corrected chi connectivity index (χ4v) is 6.62. The molecule has 0 aliphatic carbocycles. The average molecular weight is 479 g/mol. The van der Waals surface area contributed by atoms with Crippen LogP contribution in [-0.2, 0) is 19.6 Å². The van der Waals surface area contributed by atoms with Crippen LogP contribution in [0.5, 0.6) is 5.75 Å². The number of fused-ring (bicyclic) bond motifs is 1. The van der Waals surface area contributed by atoms with Crippen molar-refractivity contribution in [3.8, 4) is 5.75 Å². The predicted molar refractivity (Wildman–Crippen MR) is 125 cm³/mol. The van der Waals surface area contributed by atoms with Crippen molar-refractivity contribution in [2.24, 2.45) is 5.92 Å². The number of hydrogen-bond donors (Lipinski definition) is 1. The summed E-state index contributed by atoms with van der Waals surface area (Å²) in [6.07, 6.45) is 1.21. The van der Waals surface area contributed by atoms with E-state index in [1.807, 2.05) is 11.8 Å². The molecule has 33 heavy (non-hydrogen) atoms. The van der Waals surface area contributed by atoms with Crippen molar-refractivity contribution in [3.63, 3.8) is 0 Å². The van der Waals surface area contributed by atoms with Gasteiger partial charge in [-0.05, 0) is 44.4 Å². The van der Waals surface area contributed by atoms with Gasteiger partial charge >= 0.3 is 0 Å². The van der Waals surface area contributed by atoms with Gasteiger partial charge in [0.25, 0.3) is 5.91 Å². The predicted octanol–water partition coefficient (Wildman–Crippen LogP) is 1.67. The number of likely N-dealkylation sites (N-methyl/N-ethyl adjacent to an activating group) is 1. The fraction of sp³-hybridized carbons (Fsp3) is 0.652. The van der Waals surface area contributed by atoms with Crippen molar-refractivity contribution in [2.45, 2.75) is 51.0 Å². The zero-order chi connectivity index (χ0) is 23.8. The van der Waals surface area contributed by atoms with E-state index in [0.717, 1.165) is 19.6 Å². The van der Waals surface area contributed by atoms with Crippen LogP contribution in [0.3, 0.4) is 0 Å². The van der Waals surface area contributed by atoms with Gasteiger partial charge in [0.1, 0.15) is 5.75 Å². The number of amides is 2. The van der Waals surface area contributed by atoms with E-state index in [9.17, 15) is 18.0 Å². The molecule has 1 aromatic carbocycles. The maximum absolute atomic E-state index is 13.6. The molecular weight excluding hydrogens is 444 g/mol. The van der Waals surface area contributed by atoms with Crippen molar-refractivity contribution < 1.29 is 22.7 Å². The Morgan fingerprint density at radius 3 is 2.55 bits per heavy atom. The molecule has 4 rings (SSSR count).